The number of nitrogens with one attached hydrogen (secondary N) is 2. The van der Waals surface area contributed by atoms with Crippen molar-refractivity contribution in [3.05, 3.63) is 11.8 Å². The van der Waals surface area contributed by atoms with Crippen molar-refractivity contribution in [2.75, 3.05) is 34.9 Å². The quantitative estimate of drug-likeness (QED) is 0.526. The number of carbonyl (C=O) groups is 3. The molecule has 2 amide bonds. The number of aliphatic carboxylic acids is 1. The fourth-order valence-electron chi connectivity index (χ4n) is 1.31. The van der Waals surface area contributed by atoms with Gasteiger partial charge in [-0.2, -0.15) is 0 Å². The Kier molecular flexibility index (Phi) is 8.44. The topological polar surface area (TPSA) is 122 Å². The lowest BCUT2D eigenvalue weighted by molar-refractivity contribution is -0.134. The van der Waals surface area contributed by atoms with Crippen molar-refractivity contribution in [3.63, 3.8) is 0 Å². The van der Waals surface area contributed by atoms with Crippen LogP contribution in [-0.2, 0) is 14.4 Å². The molecule has 0 aliphatic carbocycles. The van der Waals surface area contributed by atoms with Crippen LogP contribution < -0.4 is 10.6 Å². The van der Waals surface area contributed by atoms with Crippen LogP contribution in [0.5, 0.6) is 0 Å². The van der Waals surface area contributed by atoms with Crippen LogP contribution in [0.25, 0.3) is 0 Å². The molecule has 0 atom stereocenters. The number of amides is 2. The molecule has 0 unspecified atom stereocenters. The Balaban J connectivity index is 2.04. The molecule has 0 radical (unpaired) electrons. The number of nitrogens with zero attached hydrogens (tertiary/aromatic N) is 1. The van der Waals surface area contributed by atoms with Crippen molar-refractivity contribution < 1.29 is 24.0 Å². The molecule has 1 heterocycles. The zero-order valence-corrected chi connectivity index (χ0v) is 13.6. The first-order chi connectivity index (χ1) is 10.5. The summed E-state index contributed by atoms with van der Waals surface area (Å²) < 4.78 is 4.81. The zero-order valence-electron chi connectivity index (χ0n) is 12.0. The largest absolute Gasteiger partial charge is 0.481 e. The molecule has 1 rings (SSSR count). The Hall–Kier alpha value is -1.68. The van der Waals surface area contributed by atoms with Gasteiger partial charge in [0, 0.05) is 18.4 Å². The van der Waals surface area contributed by atoms with E-state index >= 15 is 0 Å². The third-order valence-corrected chi connectivity index (χ3v) is 4.03. The van der Waals surface area contributed by atoms with Gasteiger partial charge in [0.05, 0.1) is 17.3 Å². The van der Waals surface area contributed by atoms with Gasteiger partial charge >= 0.3 is 5.97 Å². The average Bonchev–Trinajstić information content (AvgIpc) is 2.83. The smallest absolute Gasteiger partial charge is 0.313 e. The molecule has 0 aliphatic rings. The van der Waals surface area contributed by atoms with Gasteiger partial charge < -0.3 is 20.3 Å². The van der Waals surface area contributed by atoms with Crippen molar-refractivity contribution in [2.45, 2.75) is 6.92 Å². The van der Waals surface area contributed by atoms with Crippen LogP contribution in [0.15, 0.2) is 10.6 Å². The van der Waals surface area contributed by atoms with Crippen LogP contribution in [0.3, 0.4) is 0 Å². The van der Waals surface area contributed by atoms with E-state index in [1.54, 1.807) is 13.0 Å². The molecule has 1 aromatic heterocycles. The number of anilines is 1. The summed E-state index contributed by atoms with van der Waals surface area (Å²) in [4.78, 5) is 33.3. The number of aromatic nitrogens is 1. The normalized spacial score (nSPS) is 10.2. The minimum atomic E-state index is -0.875. The fraction of sp³-hybridized carbons (Fsp3) is 0.500. The summed E-state index contributed by atoms with van der Waals surface area (Å²) in [5.41, 5.74) is 0. The van der Waals surface area contributed by atoms with Crippen LogP contribution >= 0.6 is 23.5 Å². The SMILES string of the molecule is Cc1cc(NC(=O)CSCC(=O)NCCSCC(=O)O)no1. The average molecular weight is 347 g/mol. The van der Waals surface area contributed by atoms with Crippen molar-refractivity contribution >= 4 is 47.1 Å². The minimum absolute atomic E-state index is 0.0202. The highest BCUT2D eigenvalue weighted by Crippen LogP contribution is 2.08. The number of thioether (sulfide) groups is 2. The van der Waals surface area contributed by atoms with Gasteiger partial charge in [-0.1, -0.05) is 5.16 Å². The van der Waals surface area contributed by atoms with E-state index in [0.29, 0.717) is 23.9 Å². The maximum absolute atomic E-state index is 11.6. The van der Waals surface area contributed by atoms with E-state index in [-0.39, 0.29) is 29.1 Å². The first-order valence-electron chi connectivity index (χ1n) is 6.34. The van der Waals surface area contributed by atoms with Crippen LogP contribution in [0, 0.1) is 6.92 Å². The lowest BCUT2D eigenvalue weighted by Crippen LogP contribution is -2.28. The zero-order chi connectivity index (χ0) is 16.4. The number of hydrogen-bond donors (Lipinski definition) is 3. The third kappa shape index (κ3) is 8.57. The van der Waals surface area contributed by atoms with Crippen LogP contribution in [0.1, 0.15) is 5.76 Å². The van der Waals surface area contributed by atoms with E-state index in [2.05, 4.69) is 15.8 Å². The predicted molar refractivity (Wildman–Crippen MR) is 85.2 cm³/mol. The van der Waals surface area contributed by atoms with Crippen molar-refractivity contribution in [1.29, 1.82) is 0 Å². The number of aryl methyl sites for hydroxylation is 1. The number of carboxylic acid groups (broad SMARTS) is 1. The maximum Gasteiger partial charge on any atom is 0.313 e. The summed E-state index contributed by atoms with van der Waals surface area (Å²) >= 11 is 2.42. The Bertz CT molecular complexity index is 521. The standard InChI is InChI=1S/C12H17N3O5S2/c1-8-4-9(15-20-8)14-11(17)6-22-5-10(16)13-2-3-21-7-12(18)19/h4H,2-3,5-7H2,1H3,(H,13,16)(H,18,19)(H,14,15,17). The summed E-state index contributed by atoms with van der Waals surface area (Å²) in [6, 6.07) is 1.60. The lowest BCUT2D eigenvalue weighted by atomic mass is 10.5. The molecule has 0 fully saturated rings. The second-order valence-electron chi connectivity index (χ2n) is 4.16. The minimum Gasteiger partial charge on any atom is -0.481 e. The monoisotopic (exact) mass is 347 g/mol. The highest BCUT2D eigenvalue weighted by Gasteiger charge is 2.08. The third-order valence-electron chi connectivity index (χ3n) is 2.16. The molecule has 10 heteroatoms. The molecule has 0 saturated carbocycles. The lowest BCUT2D eigenvalue weighted by Gasteiger charge is -2.04. The number of carbonyl (C=O) groups excluding carboxylic acids is 2. The van der Waals surface area contributed by atoms with Gasteiger partial charge in [0.25, 0.3) is 0 Å². The van der Waals surface area contributed by atoms with Crippen molar-refractivity contribution in [1.82, 2.24) is 10.5 Å². The van der Waals surface area contributed by atoms with E-state index in [0.717, 1.165) is 0 Å². The second-order valence-corrected chi connectivity index (χ2v) is 6.25. The predicted octanol–water partition coefficient (Wildman–Crippen LogP) is 0.589. The molecule has 3 N–H and O–H groups in total. The van der Waals surface area contributed by atoms with Gasteiger partial charge in [-0.15, -0.1) is 23.5 Å². The number of carboxylic acids is 1. The molecule has 122 valence electrons. The van der Waals surface area contributed by atoms with Gasteiger partial charge in [-0.05, 0) is 6.92 Å². The first kappa shape index (κ1) is 18.4. The van der Waals surface area contributed by atoms with Gasteiger partial charge in [-0.3, -0.25) is 14.4 Å². The van der Waals surface area contributed by atoms with Crippen molar-refractivity contribution in [3.8, 4) is 0 Å². The summed E-state index contributed by atoms with van der Waals surface area (Å²) in [6.07, 6.45) is 0. The fourth-order valence-corrected chi connectivity index (χ4v) is 2.53. The summed E-state index contributed by atoms with van der Waals surface area (Å²) in [5.74, 6) is 0.476. The number of hydrogen-bond acceptors (Lipinski definition) is 7. The van der Waals surface area contributed by atoms with Gasteiger partial charge in [-0.25, -0.2) is 0 Å². The molecule has 8 nitrogen and oxygen atoms in total. The van der Waals surface area contributed by atoms with E-state index in [4.69, 9.17) is 9.63 Å². The van der Waals surface area contributed by atoms with E-state index in [1.165, 1.54) is 23.5 Å². The van der Waals surface area contributed by atoms with Gasteiger partial charge in [0.2, 0.25) is 11.8 Å². The molecule has 0 bridgehead atoms. The Morgan fingerprint density at radius 1 is 1.23 bits per heavy atom. The van der Waals surface area contributed by atoms with Crippen LogP contribution in [-0.4, -0.2) is 57.6 Å². The molecular weight excluding hydrogens is 330 g/mol. The second kappa shape index (κ2) is 10.1. The first-order valence-corrected chi connectivity index (χ1v) is 8.65. The molecule has 22 heavy (non-hydrogen) atoms. The molecule has 0 spiro atoms. The Labute approximate surface area is 135 Å². The molecule has 0 saturated heterocycles. The van der Waals surface area contributed by atoms with Crippen LogP contribution in [0.4, 0.5) is 5.82 Å². The summed E-state index contributed by atoms with van der Waals surface area (Å²) in [6.45, 7) is 2.12. The highest BCUT2D eigenvalue weighted by molar-refractivity contribution is 8.00. The molecule has 1 aromatic rings. The van der Waals surface area contributed by atoms with E-state index in [1.807, 2.05) is 0 Å². The van der Waals surface area contributed by atoms with Crippen molar-refractivity contribution in [2.24, 2.45) is 0 Å². The summed E-state index contributed by atoms with van der Waals surface area (Å²) in [7, 11) is 0. The van der Waals surface area contributed by atoms with Crippen LogP contribution in [0.2, 0.25) is 0 Å². The number of rotatable bonds is 10. The van der Waals surface area contributed by atoms with Gasteiger partial charge in [0.15, 0.2) is 5.82 Å². The molecular formula is C12H17N3O5S2. The highest BCUT2D eigenvalue weighted by atomic mass is 32.2. The van der Waals surface area contributed by atoms with Gasteiger partial charge in [0.1, 0.15) is 5.76 Å². The molecule has 0 aliphatic heterocycles. The molecule has 0 aromatic carbocycles. The maximum atomic E-state index is 11.6. The Morgan fingerprint density at radius 3 is 2.59 bits per heavy atom. The van der Waals surface area contributed by atoms with E-state index in [9.17, 15) is 14.4 Å². The summed E-state index contributed by atoms with van der Waals surface area (Å²) in [5, 5.41) is 17.3. The Morgan fingerprint density at radius 2 is 1.95 bits per heavy atom. The van der Waals surface area contributed by atoms with E-state index < -0.39 is 5.97 Å².